The number of nitrogen functional groups attached to an aromatic ring is 1. The van der Waals surface area contributed by atoms with Crippen LogP contribution in [0, 0.1) is 0 Å². The topological polar surface area (TPSA) is 108 Å². The highest BCUT2D eigenvalue weighted by Gasteiger charge is 2.23. The molecule has 9 heteroatoms. The molecule has 104 valence electrons. The van der Waals surface area contributed by atoms with Crippen LogP contribution in [-0.4, -0.2) is 51.4 Å². The molecule has 0 saturated carbocycles. The van der Waals surface area contributed by atoms with E-state index in [2.05, 4.69) is 9.71 Å². The van der Waals surface area contributed by atoms with E-state index in [0.29, 0.717) is 6.61 Å². The van der Waals surface area contributed by atoms with Crippen LogP contribution in [0.25, 0.3) is 0 Å². The lowest BCUT2D eigenvalue weighted by molar-refractivity contribution is 0.0320. The van der Waals surface area contributed by atoms with Crippen LogP contribution in [0.15, 0.2) is 11.4 Å². The summed E-state index contributed by atoms with van der Waals surface area (Å²) in [5.41, 5.74) is 5.52. The predicted molar refractivity (Wildman–Crippen MR) is 65.5 cm³/mol. The van der Waals surface area contributed by atoms with Crippen molar-refractivity contribution in [1.82, 2.24) is 14.3 Å². The molecule has 0 amide bonds. The maximum atomic E-state index is 12.0. The predicted octanol–water partition coefficient (Wildman–Crippen LogP) is -1.06. The number of rotatable bonds is 7. The van der Waals surface area contributed by atoms with Gasteiger partial charge < -0.3 is 19.8 Å². The average molecular weight is 278 g/mol. The highest BCUT2D eigenvalue weighted by Crippen LogP contribution is 2.14. The fraction of sp³-hybridized carbons (Fsp3) is 0.667. The second-order valence-corrected chi connectivity index (χ2v) is 5.39. The summed E-state index contributed by atoms with van der Waals surface area (Å²) in [6.07, 6.45) is 0.978. The summed E-state index contributed by atoms with van der Waals surface area (Å²) in [7, 11) is 0.841. The van der Waals surface area contributed by atoms with Gasteiger partial charge >= 0.3 is 0 Å². The molecule has 0 bridgehead atoms. The number of imidazole rings is 1. The first kappa shape index (κ1) is 14.9. The Balaban J connectivity index is 2.77. The monoisotopic (exact) mass is 278 g/mol. The van der Waals surface area contributed by atoms with E-state index in [-0.39, 0.29) is 23.5 Å². The molecule has 1 rings (SSSR count). The molecule has 1 unspecified atom stereocenters. The second kappa shape index (κ2) is 6.14. The summed E-state index contributed by atoms with van der Waals surface area (Å²) in [6.45, 7) is 0.386. The largest absolute Gasteiger partial charge is 0.382 e. The number of nitrogens with one attached hydrogen (secondary N) is 1. The Morgan fingerprint density at radius 3 is 2.67 bits per heavy atom. The van der Waals surface area contributed by atoms with E-state index in [1.54, 1.807) is 7.05 Å². The molecule has 1 heterocycles. The minimum Gasteiger partial charge on any atom is -0.382 e. The normalized spacial score (nSPS) is 13.7. The van der Waals surface area contributed by atoms with Crippen LogP contribution >= 0.6 is 0 Å². The zero-order valence-electron chi connectivity index (χ0n) is 10.6. The first-order chi connectivity index (χ1) is 8.42. The van der Waals surface area contributed by atoms with Crippen LogP contribution in [0.1, 0.15) is 0 Å². The van der Waals surface area contributed by atoms with E-state index in [1.165, 1.54) is 25.1 Å². The summed E-state index contributed by atoms with van der Waals surface area (Å²) >= 11 is 0. The molecule has 1 atom stereocenters. The van der Waals surface area contributed by atoms with Crippen molar-refractivity contribution in [1.29, 1.82) is 0 Å². The summed E-state index contributed by atoms with van der Waals surface area (Å²) in [5, 5.41) is -0.0604. The van der Waals surface area contributed by atoms with Crippen LogP contribution in [0.3, 0.4) is 0 Å². The molecule has 0 radical (unpaired) electrons. The standard InChI is InChI=1S/C9H18N4O4S/c1-13-6-11-8(10)9(13)18(14,15)12-4-7(17-3)5-16-2/h6-7,12H,4-5,10H2,1-3H3. The first-order valence-electron chi connectivity index (χ1n) is 5.20. The molecular formula is C9H18N4O4S. The Morgan fingerprint density at radius 1 is 1.56 bits per heavy atom. The molecule has 0 saturated heterocycles. The van der Waals surface area contributed by atoms with Crippen LogP contribution in [-0.2, 0) is 26.5 Å². The van der Waals surface area contributed by atoms with Gasteiger partial charge in [0, 0.05) is 27.8 Å². The third kappa shape index (κ3) is 3.42. The molecule has 0 aliphatic heterocycles. The van der Waals surface area contributed by atoms with Crippen molar-refractivity contribution in [2.75, 3.05) is 33.1 Å². The second-order valence-electron chi connectivity index (χ2n) is 3.71. The van der Waals surface area contributed by atoms with Crippen molar-refractivity contribution < 1.29 is 17.9 Å². The molecule has 0 spiro atoms. The maximum absolute atomic E-state index is 12.0. The van der Waals surface area contributed by atoms with Crippen molar-refractivity contribution in [3.63, 3.8) is 0 Å². The average Bonchev–Trinajstić information content (AvgIpc) is 2.65. The highest BCUT2D eigenvalue weighted by molar-refractivity contribution is 7.89. The Labute approximate surface area is 106 Å². The number of nitrogens with zero attached hydrogens (tertiary/aromatic N) is 2. The number of sulfonamides is 1. The number of hydrogen-bond acceptors (Lipinski definition) is 6. The Bertz CT molecular complexity index is 465. The summed E-state index contributed by atoms with van der Waals surface area (Å²) < 4.78 is 37.7. The molecule has 1 aromatic heterocycles. The Kier molecular flexibility index (Phi) is 5.08. The number of hydrogen-bond donors (Lipinski definition) is 2. The number of anilines is 1. The minimum atomic E-state index is -3.71. The summed E-state index contributed by atoms with van der Waals surface area (Å²) in [5.74, 6) is -0.0364. The van der Waals surface area contributed by atoms with Crippen molar-refractivity contribution in [2.45, 2.75) is 11.1 Å². The van der Waals surface area contributed by atoms with Gasteiger partial charge in [-0.15, -0.1) is 0 Å². The molecule has 0 aliphatic rings. The van der Waals surface area contributed by atoms with Gasteiger partial charge in [0.2, 0.25) is 0 Å². The van der Waals surface area contributed by atoms with Crippen LogP contribution in [0.5, 0.6) is 0 Å². The molecule has 1 aromatic rings. The number of aryl methyl sites for hydroxylation is 1. The van der Waals surface area contributed by atoms with E-state index in [4.69, 9.17) is 15.2 Å². The third-order valence-corrected chi connectivity index (χ3v) is 3.90. The van der Waals surface area contributed by atoms with Crippen molar-refractivity contribution in [3.8, 4) is 0 Å². The fourth-order valence-corrected chi connectivity index (χ4v) is 2.73. The van der Waals surface area contributed by atoms with E-state index in [0.717, 1.165) is 0 Å². The van der Waals surface area contributed by atoms with Gasteiger partial charge in [0.1, 0.15) is 0 Å². The zero-order chi connectivity index (χ0) is 13.8. The number of methoxy groups -OCH3 is 2. The molecule has 18 heavy (non-hydrogen) atoms. The van der Waals surface area contributed by atoms with E-state index in [9.17, 15) is 8.42 Å². The van der Waals surface area contributed by atoms with E-state index < -0.39 is 10.0 Å². The molecular weight excluding hydrogens is 260 g/mol. The van der Waals surface area contributed by atoms with Gasteiger partial charge in [-0.3, -0.25) is 0 Å². The third-order valence-electron chi connectivity index (χ3n) is 2.35. The molecule has 0 fully saturated rings. The van der Waals surface area contributed by atoms with Gasteiger partial charge in [0.25, 0.3) is 10.0 Å². The van der Waals surface area contributed by atoms with Crippen molar-refractivity contribution in [3.05, 3.63) is 6.33 Å². The SMILES string of the molecule is COCC(CNS(=O)(=O)c1c(N)ncn1C)OC. The van der Waals surface area contributed by atoms with E-state index in [1.807, 2.05) is 0 Å². The highest BCUT2D eigenvalue weighted by atomic mass is 32.2. The van der Waals surface area contributed by atoms with Crippen LogP contribution in [0.2, 0.25) is 0 Å². The molecule has 0 aliphatic carbocycles. The van der Waals surface area contributed by atoms with Crippen molar-refractivity contribution >= 4 is 15.8 Å². The first-order valence-corrected chi connectivity index (χ1v) is 6.69. The van der Waals surface area contributed by atoms with Gasteiger partial charge in [0.15, 0.2) is 10.8 Å². The van der Waals surface area contributed by atoms with E-state index >= 15 is 0 Å². The number of aromatic nitrogens is 2. The smallest absolute Gasteiger partial charge is 0.260 e. The summed E-state index contributed by atoms with van der Waals surface area (Å²) in [4.78, 5) is 3.73. The lowest BCUT2D eigenvalue weighted by Gasteiger charge is -2.15. The van der Waals surface area contributed by atoms with Crippen LogP contribution < -0.4 is 10.5 Å². The van der Waals surface area contributed by atoms with Gasteiger partial charge in [-0.2, -0.15) is 0 Å². The summed E-state index contributed by atoms with van der Waals surface area (Å²) in [6, 6.07) is 0. The zero-order valence-corrected chi connectivity index (χ0v) is 11.4. The lowest BCUT2D eigenvalue weighted by atomic mass is 10.4. The van der Waals surface area contributed by atoms with Gasteiger partial charge in [-0.05, 0) is 0 Å². The minimum absolute atomic E-state index is 0.0364. The maximum Gasteiger partial charge on any atom is 0.260 e. The number of ether oxygens (including phenoxy) is 2. The van der Waals surface area contributed by atoms with Gasteiger partial charge in [0.05, 0.1) is 19.0 Å². The van der Waals surface area contributed by atoms with Crippen molar-refractivity contribution in [2.24, 2.45) is 7.05 Å². The number of nitrogens with two attached hydrogens (primary N) is 1. The van der Waals surface area contributed by atoms with Gasteiger partial charge in [-0.1, -0.05) is 0 Å². The fourth-order valence-electron chi connectivity index (χ4n) is 1.43. The quantitative estimate of drug-likeness (QED) is 0.658. The lowest BCUT2D eigenvalue weighted by Crippen LogP contribution is -2.36. The molecule has 3 N–H and O–H groups in total. The van der Waals surface area contributed by atoms with Crippen LogP contribution in [0.4, 0.5) is 5.82 Å². The Hall–Kier alpha value is -1.16. The van der Waals surface area contributed by atoms with Gasteiger partial charge in [-0.25, -0.2) is 18.1 Å². The molecule has 0 aromatic carbocycles. The molecule has 8 nitrogen and oxygen atoms in total. The Morgan fingerprint density at radius 2 is 2.22 bits per heavy atom.